The zero-order chi connectivity index (χ0) is 23.3. The van der Waals surface area contributed by atoms with Crippen molar-refractivity contribution in [2.45, 2.75) is 62.6 Å². The summed E-state index contributed by atoms with van der Waals surface area (Å²) in [6.45, 7) is 2.44. The maximum Gasteiger partial charge on any atom is 0.261 e. The number of aliphatic hydroxyl groups excluding tert-OH is 1. The first-order valence-electron chi connectivity index (χ1n) is 11.4. The molecule has 0 bridgehead atoms. The molecule has 1 aromatic heterocycles. The molecule has 1 saturated carbocycles. The van der Waals surface area contributed by atoms with Crippen molar-refractivity contribution in [3.05, 3.63) is 66.7 Å². The second-order valence-electron chi connectivity index (χ2n) is 8.65. The standard InChI is InChI=1S/C24H31N5O3S/c1-18(24(30)19-7-3-2-4-8-19)26-15-20-9-5-6-10-23(20)28-33(31,32)22-13-11-21(12-14-22)29-17-25-16-27-29/h5-6,9-14,16-19,24,26,28,30H,2-4,7-8,15H2,1H3/t18-,24-/m0/s1. The highest BCUT2D eigenvalue weighted by Gasteiger charge is 2.26. The van der Waals surface area contributed by atoms with Crippen LogP contribution in [0.4, 0.5) is 5.69 Å². The minimum atomic E-state index is -3.77. The molecule has 9 heteroatoms. The van der Waals surface area contributed by atoms with E-state index in [1.54, 1.807) is 47.4 Å². The molecule has 1 aliphatic rings. The van der Waals surface area contributed by atoms with Gasteiger partial charge in [-0.25, -0.2) is 18.1 Å². The summed E-state index contributed by atoms with van der Waals surface area (Å²) in [4.78, 5) is 4.06. The second-order valence-corrected chi connectivity index (χ2v) is 10.3. The summed E-state index contributed by atoms with van der Waals surface area (Å²) >= 11 is 0. The highest BCUT2D eigenvalue weighted by atomic mass is 32.2. The van der Waals surface area contributed by atoms with Gasteiger partial charge in [-0.3, -0.25) is 4.72 Å². The predicted octanol–water partition coefficient (Wildman–Crippen LogP) is 3.49. The van der Waals surface area contributed by atoms with E-state index in [1.165, 1.54) is 25.6 Å². The fraction of sp³-hybridized carbons (Fsp3) is 0.417. The van der Waals surface area contributed by atoms with Crippen LogP contribution >= 0.6 is 0 Å². The Morgan fingerprint density at radius 1 is 1.09 bits per heavy atom. The lowest BCUT2D eigenvalue weighted by Gasteiger charge is -2.31. The third kappa shape index (κ3) is 5.79. The molecule has 3 N–H and O–H groups in total. The van der Waals surface area contributed by atoms with Gasteiger partial charge in [-0.15, -0.1) is 0 Å². The van der Waals surface area contributed by atoms with Crippen molar-refractivity contribution in [3.63, 3.8) is 0 Å². The first-order valence-corrected chi connectivity index (χ1v) is 12.9. The minimum Gasteiger partial charge on any atom is -0.391 e. The number of nitrogens with one attached hydrogen (secondary N) is 2. The number of hydrogen-bond acceptors (Lipinski definition) is 6. The van der Waals surface area contributed by atoms with Crippen LogP contribution in [0, 0.1) is 5.92 Å². The Bertz CT molecular complexity index is 1130. The summed E-state index contributed by atoms with van der Waals surface area (Å²) in [5, 5.41) is 18.2. The second kappa shape index (κ2) is 10.5. The number of rotatable bonds is 9. The summed E-state index contributed by atoms with van der Waals surface area (Å²) in [7, 11) is -3.77. The zero-order valence-corrected chi connectivity index (χ0v) is 19.6. The monoisotopic (exact) mass is 469 g/mol. The van der Waals surface area contributed by atoms with E-state index in [4.69, 9.17) is 0 Å². The van der Waals surface area contributed by atoms with Crippen LogP contribution in [0.5, 0.6) is 0 Å². The third-order valence-electron chi connectivity index (χ3n) is 6.35. The van der Waals surface area contributed by atoms with Crippen LogP contribution in [0.2, 0.25) is 0 Å². The van der Waals surface area contributed by atoms with Crippen molar-refractivity contribution >= 4 is 15.7 Å². The van der Waals surface area contributed by atoms with Crippen molar-refractivity contribution in [1.29, 1.82) is 0 Å². The van der Waals surface area contributed by atoms with Gasteiger partial charge in [-0.2, -0.15) is 5.10 Å². The summed E-state index contributed by atoms with van der Waals surface area (Å²) < 4.78 is 30.3. The van der Waals surface area contributed by atoms with Crippen LogP contribution in [0.3, 0.4) is 0 Å². The maximum absolute atomic E-state index is 13.0. The van der Waals surface area contributed by atoms with Crippen LogP contribution < -0.4 is 10.0 Å². The van der Waals surface area contributed by atoms with Crippen molar-refractivity contribution in [1.82, 2.24) is 20.1 Å². The van der Waals surface area contributed by atoms with Crippen molar-refractivity contribution in [3.8, 4) is 5.69 Å². The number of hydrogen-bond donors (Lipinski definition) is 3. The van der Waals surface area contributed by atoms with Gasteiger partial charge in [-0.1, -0.05) is 37.5 Å². The average Bonchev–Trinajstić information content (AvgIpc) is 3.38. The number of sulfonamides is 1. The molecule has 2 atom stereocenters. The molecule has 0 spiro atoms. The van der Waals surface area contributed by atoms with E-state index >= 15 is 0 Å². The van der Waals surface area contributed by atoms with Crippen LogP contribution in [0.1, 0.15) is 44.6 Å². The number of anilines is 1. The number of benzene rings is 2. The number of aromatic nitrogens is 3. The lowest BCUT2D eigenvalue weighted by atomic mass is 9.83. The average molecular weight is 470 g/mol. The van der Waals surface area contributed by atoms with Gasteiger partial charge in [0, 0.05) is 12.6 Å². The van der Waals surface area contributed by atoms with E-state index < -0.39 is 16.1 Å². The fourth-order valence-electron chi connectivity index (χ4n) is 4.37. The lowest BCUT2D eigenvalue weighted by molar-refractivity contribution is 0.0551. The number of para-hydroxylation sites is 1. The van der Waals surface area contributed by atoms with Gasteiger partial charge in [0.25, 0.3) is 10.0 Å². The largest absolute Gasteiger partial charge is 0.391 e. The summed E-state index contributed by atoms with van der Waals surface area (Å²) in [5.74, 6) is 0.329. The molecule has 176 valence electrons. The molecule has 1 heterocycles. The molecular weight excluding hydrogens is 438 g/mol. The minimum absolute atomic E-state index is 0.0814. The first kappa shape index (κ1) is 23.4. The summed E-state index contributed by atoms with van der Waals surface area (Å²) in [5.41, 5.74) is 2.06. The molecule has 8 nitrogen and oxygen atoms in total. The molecular formula is C24H31N5O3S. The van der Waals surface area contributed by atoms with Crippen LogP contribution in [-0.4, -0.2) is 40.4 Å². The highest BCUT2D eigenvalue weighted by Crippen LogP contribution is 2.28. The molecule has 33 heavy (non-hydrogen) atoms. The third-order valence-corrected chi connectivity index (χ3v) is 7.73. The smallest absolute Gasteiger partial charge is 0.261 e. The SMILES string of the molecule is C[C@H](NCc1ccccc1NS(=O)(=O)c1ccc(-n2cncn2)cc1)[C@H](O)C1CCCCC1. The summed E-state index contributed by atoms with van der Waals surface area (Å²) in [6, 6.07) is 13.7. The van der Waals surface area contributed by atoms with Gasteiger partial charge in [0.1, 0.15) is 12.7 Å². The molecule has 0 radical (unpaired) electrons. The predicted molar refractivity (Wildman–Crippen MR) is 127 cm³/mol. The van der Waals surface area contributed by atoms with Gasteiger partial charge in [-0.05, 0) is 61.6 Å². The molecule has 4 rings (SSSR count). The van der Waals surface area contributed by atoms with Crippen molar-refractivity contribution < 1.29 is 13.5 Å². The molecule has 1 aliphatic carbocycles. The molecule has 0 aliphatic heterocycles. The Hall–Kier alpha value is -2.75. The quantitative estimate of drug-likeness (QED) is 0.443. The van der Waals surface area contributed by atoms with Crippen LogP contribution in [0.15, 0.2) is 66.1 Å². The molecule has 0 saturated heterocycles. The zero-order valence-electron chi connectivity index (χ0n) is 18.8. The maximum atomic E-state index is 13.0. The summed E-state index contributed by atoms with van der Waals surface area (Å²) in [6.07, 6.45) is 8.32. The normalized spacial score (nSPS) is 16.9. The van der Waals surface area contributed by atoms with Crippen LogP contribution in [0.25, 0.3) is 5.69 Å². The van der Waals surface area contributed by atoms with Gasteiger partial charge >= 0.3 is 0 Å². The Morgan fingerprint density at radius 2 is 1.82 bits per heavy atom. The Morgan fingerprint density at radius 3 is 2.52 bits per heavy atom. The van der Waals surface area contributed by atoms with Gasteiger partial charge in [0.2, 0.25) is 0 Å². The van der Waals surface area contributed by atoms with Crippen molar-refractivity contribution in [2.24, 2.45) is 5.92 Å². The number of aliphatic hydroxyl groups is 1. The van der Waals surface area contributed by atoms with E-state index in [-0.39, 0.29) is 10.9 Å². The van der Waals surface area contributed by atoms with E-state index in [9.17, 15) is 13.5 Å². The van der Waals surface area contributed by atoms with E-state index in [2.05, 4.69) is 20.1 Å². The van der Waals surface area contributed by atoms with E-state index in [0.29, 0.717) is 18.2 Å². The van der Waals surface area contributed by atoms with Crippen molar-refractivity contribution in [2.75, 3.05) is 4.72 Å². The van der Waals surface area contributed by atoms with Crippen LogP contribution in [-0.2, 0) is 16.6 Å². The van der Waals surface area contributed by atoms with Gasteiger partial charge in [0.05, 0.1) is 22.4 Å². The number of nitrogens with zero attached hydrogens (tertiary/aromatic N) is 3. The van der Waals surface area contributed by atoms with E-state index in [0.717, 1.165) is 24.1 Å². The Labute approximate surface area is 195 Å². The van der Waals surface area contributed by atoms with Gasteiger partial charge in [0.15, 0.2) is 0 Å². The topological polar surface area (TPSA) is 109 Å². The van der Waals surface area contributed by atoms with E-state index in [1.807, 2.05) is 19.1 Å². The lowest BCUT2D eigenvalue weighted by Crippen LogP contribution is -2.42. The molecule has 1 fully saturated rings. The Balaban J connectivity index is 1.42. The highest BCUT2D eigenvalue weighted by molar-refractivity contribution is 7.92. The first-order chi connectivity index (χ1) is 15.9. The molecule has 3 aromatic rings. The molecule has 0 unspecified atom stereocenters. The van der Waals surface area contributed by atoms with Gasteiger partial charge < -0.3 is 10.4 Å². The fourth-order valence-corrected chi connectivity index (χ4v) is 5.47. The Kier molecular flexibility index (Phi) is 7.42. The molecule has 0 amide bonds. The molecule has 2 aromatic carbocycles.